The Hall–Kier alpha value is -1.03. The van der Waals surface area contributed by atoms with E-state index in [0.29, 0.717) is 30.1 Å². The minimum atomic E-state index is -0.194. The van der Waals surface area contributed by atoms with Crippen molar-refractivity contribution in [3.8, 4) is 0 Å². The SMILES string of the molecule is CCCn1ncc(NC2CCCCC2C(C)C)c(Cl)c1=O. The maximum Gasteiger partial charge on any atom is 0.287 e. The molecule has 2 rings (SSSR count). The molecule has 0 aromatic carbocycles. The Labute approximate surface area is 131 Å². The lowest BCUT2D eigenvalue weighted by Crippen LogP contribution is -2.36. The molecular formula is C16H26ClN3O. The summed E-state index contributed by atoms with van der Waals surface area (Å²) in [6.07, 6.45) is 7.48. The van der Waals surface area contributed by atoms with Gasteiger partial charge in [-0.05, 0) is 31.1 Å². The fraction of sp³-hybridized carbons (Fsp3) is 0.750. The zero-order chi connectivity index (χ0) is 15.4. The largest absolute Gasteiger partial charge is 0.379 e. The lowest BCUT2D eigenvalue weighted by Gasteiger charge is -2.35. The highest BCUT2D eigenvalue weighted by Crippen LogP contribution is 2.33. The van der Waals surface area contributed by atoms with Crippen LogP contribution in [0, 0.1) is 11.8 Å². The van der Waals surface area contributed by atoms with Gasteiger partial charge in [0.25, 0.3) is 5.56 Å². The maximum absolute atomic E-state index is 12.2. The Balaban J connectivity index is 2.19. The predicted octanol–water partition coefficient (Wildman–Crippen LogP) is 3.93. The van der Waals surface area contributed by atoms with E-state index in [2.05, 4.69) is 24.3 Å². The molecule has 1 aromatic rings. The van der Waals surface area contributed by atoms with Crippen molar-refractivity contribution >= 4 is 17.3 Å². The van der Waals surface area contributed by atoms with Crippen LogP contribution >= 0.6 is 11.6 Å². The van der Waals surface area contributed by atoms with E-state index in [-0.39, 0.29) is 10.6 Å². The maximum atomic E-state index is 12.2. The Morgan fingerprint density at radius 2 is 2.14 bits per heavy atom. The van der Waals surface area contributed by atoms with Crippen molar-refractivity contribution in [1.82, 2.24) is 9.78 Å². The molecule has 0 amide bonds. The van der Waals surface area contributed by atoms with Crippen molar-refractivity contribution in [3.63, 3.8) is 0 Å². The summed E-state index contributed by atoms with van der Waals surface area (Å²) >= 11 is 6.24. The molecule has 4 nitrogen and oxygen atoms in total. The molecule has 1 heterocycles. The average molecular weight is 312 g/mol. The van der Waals surface area contributed by atoms with Gasteiger partial charge in [0.15, 0.2) is 0 Å². The van der Waals surface area contributed by atoms with E-state index in [1.165, 1.54) is 23.9 Å². The Morgan fingerprint density at radius 3 is 2.81 bits per heavy atom. The van der Waals surface area contributed by atoms with Crippen molar-refractivity contribution in [3.05, 3.63) is 21.6 Å². The molecule has 2 unspecified atom stereocenters. The number of nitrogens with zero attached hydrogens (tertiary/aromatic N) is 2. The summed E-state index contributed by atoms with van der Waals surface area (Å²) in [5.74, 6) is 1.27. The zero-order valence-corrected chi connectivity index (χ0v) is 14.0. The number of hydrogen-bond donors (Lipinski definition) is 1. The first-order valence-corrected chi connectivity index (χ1v) is 8.44. The van der Waals surface area contributed by atoms with Crippen molar-refractivity contribution in [2.45, 2.75) is 65.5 Å². The van der Waals surface area contributed by atoms with Crippen LogP contribution in [0.15, 0.2) is 11.0 Å². The number of rotatable bonds is 5. The standard InChI is InChI=1S/C16H26ClN3O/c1-4-9-20-16(21)15(17)14(10-18-20)19-13-8-6-5-7-12(13)11(2)3/h10-13,19H,4-9H2,1-3H3. The molecule has 0 saturated heterocycles. The van der Waals surface area contributed by atoms with Crippen molar-refractivity contribution < 1.29 is 0 Å². The normalized spacial score (nSPS) is 22.5. The van der Waals surface area contributed by atoms with Gasteiger partial charge < -0.3 is 5.32 Å². The topological polar surface area (TPSA) is 46.9 Å². The van der Waals surface area contributed by atoms with Crippen molar-refractivity contribution in [2.75, 3.05) is 5.32 Å². The van der Waals surface area contributed by atoms with E-state index in [4.69, 9.17) is 11.6 Å². The van der Waals surface area contributed by atoms with Crippen molar-refractivity contribution in [2.24, 2.45) is 11.8 Å². The molecule has 1 N–H and O–H groups in total. The molecule has 1 aliphatic carbocycles. The fourth-order valence-corrected chi connectivity index (χ4v) is 3.47. The third-order valence-corrected chi connectivity index (χ3v) is 4.80. The first-order chi connectivity index (χ1) is 10.0. The summed E-state index contributed by atoms with van der Waals surface area (Å²) in [6.45, 7) is 7.16. The van der Waals surface area contributed by atoms with Gasteiger partial charge in [0.1, 0.15) is 5.02 Å². The number of nitrogens with one attached hydrogen (secondary N) is 1. The predicted molar refractivity (Wildman–Crippen MR) is 88.0 cm³/mol. The van der Waals surface area contributed by atoms with E-state index in [0.717, 1.165) is 12.8 Å². The van der Waals surface area contributed by atoms with Crippen LogP contribution in [0.4, 0.5) is 5.69 Å². The summed E-state index contributed by atoms with van der Waals surface area (Å²) < 4.78 is 1.44. The molecule has 0 spiro atoms. The highest BCUT2D eigenvalue weighted by atomic mass is 35.5. The molecule has 0 radical (unpaired) electrons. The van der Waals surface area contributed by atoms with Crippen LogP contribution in [0.1, 0.15) is 52.9 Å². The number of halogens is 1. The number of aryl methyl sites for hydroxylation is 1. The first kappa shape index (κ1) is 16.3. The van der Waals surface area contributed by atoms with E-state index in [9.17, 15) is 4.79 Å². The molecular weight excluding hydrogens is 286 g/mol. The highest BCUT2D eigenvalue weighted by molar-refractivity contribution is 6.32. The van der Waals surface area contributed by atoms with E-state index in [1.807, 2.05) is 6.92 Å². The lowest BCUT2D eigenvalue weighted by atomic mass is 9.78. The zero-order valence-electron chi connectivity index (χ0n) is 13.2. The summed E-state index contributed by atoms with van der Waals surface area (Å²) in [5, 5.41) is 7.97. The van der Waals surface area contributed by atoms with Crippen molar-refractivity contribution in [1.29, 1.82) is 0 Å². The van der Waals surface area contributed by atoms with Gasteiger partial charge in [0, 0.05) is 12.6 Å². The molecule has 21 heavy (non-hydrogen) atoms. The molecule has 5 heteroatoms. The smallest absolute Gasteiger partial charge is 0.287 e. The monoisotopic (exact) mass is 311 g/mol. The quantitative estimate of drug-likeness (QED) is 0.896. The van der Waals surface area contributed by atoms with Gasteiger partial charge in [0.2, 0.25) is 0 Å². The third kappa shape index (κ3) is 3.79. The molecule has 118 valence electrons. The second-order valence-electron chi connectivity index (χ2n) is 6.34. The van der Waals surface area contributed by atoms with Gasteiger partial charge >= 0.3 is 0 Å². The first-order valence-electron chi connectivity index (χ1n) is 8.06. The van der Waals surface area contributed by atoms with Gasteiger partial charge in [-0.25, -0.2) is 4.68 Å². The van der Waals surface area contributed by atoms with Crippen LogP contribution in [0.2, 0.25) is 5.02 Å². The number of hydrogen-bond acceptors (Lipinski definition) is 3. The summed E-state index contributed by atoms with van der Waals surface area (Å²) in [7, 11) is 0. The molecule has 1 saturated carbocycles. The molecule has 1 aliphatic rings. The number of anilines is 1. The fourth-order valence-electron chi connectivity index (χ4n) is 3.27. The van der Waals surface area contributed by atoms with Crippen LogP contribution in [0.25, 0.3) is 0 Å². The van der Waals surface area contributed by atoms with Gasteiger partial charge in [-0.2, -0.15) is 5.10 Å². The summed E-state index contributed by atoms with van der Waals surface area (Å²) in [6, 6.07) is 0.388. The van der Waals surface area contributed by atoms with Crippen LogP contribution < -0.4 is 10.9 Å². The highest BCUT2D eigenvalue weighted by Gasteiger charge is 2.28. The van der Waals surface area contributed by atoms with E-state index in [1.54, 1.807) is 6.20 Å². The van der Waals surface area contributed by atoms with Gasteiger partial charge in [-0.3, -0.25) is 4.79 Å². The molecule has 1 aromatic heterocycles. The van der Waals surface area contributed by atoms with Gasteiger partial charge in [0.05, 0.1) is 11.9 Å². The molecule has 0 bridgehead atoms. The van der Waals surface area contributed by atoms with E-state index >= 15 is 0 Å². The second kappa shape index (κ2) is 7.30. The summed E-state index contributed by atoms with van der Waals surface area (Å²) in [5.41, 5.74) is 0.493. The van der Waals surface area contributed by atoms with Crippen LogP contribution in [0.3, 0.4) is 0 Å². The van der Waals surface area contributed by atoms with E-state index < -0.39 is 0 Å². The van der Waals surface area contributed by atoms with Gasteiger partial charge in [-0.1, -0.05) is 45.2 Å². The van der Waals surface area contributed by atoms with Crippen LogP contribution in [-0.4, -0.2) is 15.8 Å². The Kier molecular flexibility index (Phi) is 5.68. The Bertz CT molecular complexity index is 527. The Morgan fingerprint density at radius 1 is 1.43 bits per heavy atom. The lowest BCUT2D eigenvalue weighted by molar-refractivity contribution is 0.253. The molecule has 2 atom stereocenters. The third-order valence-electron chi connectivity index (χ3n) is 4.44. The second-order valence-corrected chi connectivity index (χ2v) is 6.72. The molecule has 1 fully saturated rings. The minimum absolute atomic E-state index is 0.194. The average Bonchev–Trinajstić information content (AvgIpc) is 2.47. The molecule has 0 aliphatic heterocycles. The number of aromatic nitrogens is 2. The van der Waals surface area contributed by atoms with Gasteiger partial charge in [-0.15, -0.1) is 0 Å². The summed E-state index contributed by atoms with van der Waals surface area (Å²) in [4.78, 5) is 12.2. The minimum Gasteiger partial charge on any atom is -0.379 e. The van der Waals surface area contributed by atoms with Crippen LogP contribution in [-0.2, 0) is 6.54 Å². The van der Waals surface area contributed by atoms with Crippen LogP contribution in [0.5, 0.6) is 0 Å².